The van der Waals surface area contributed by atoms with Crippen molar-refractivity contribution in [2.24, 2.45) is 0 Å². The second-order valence-corrected chi connectivity index (χ2v) is 14.3. The summed E-state index contributed by atoms with van der Waals surface area (Å²) in [6, 6.07) is 27.9. The third kappa shape index (κ3) is 10.1. The Hall–Kier alpha value is -4.71. The molecule has 0 bridgehead atoms. The number of hydrogen-bond acceptors (Lipinski definition) is 7. The van der Waals surface area contributed by atoms with E-state index in [0.717, 1.165) is 38.6 Å². The lowest BCUT2D eigenvalue weighted by atomic mass is 9.99. The molecule has 260 valence electrons. The van der Waals surface area contributed by atoms with Crippen molar-refractivity contribution in [1.29, 1.82) is 0 Å². The Bertz CT molecular complexity index is 1850. The molecule has 0 radical (unpaired) electrons. The molecule has 0 saturated carbocycles. The van der Waals surface area contributed by atoms with E-state index in [0.29, 0.717) is 6.42 Å². The van der Waals surface area contributed by atoms with E-state index in [4.69, 9.17) is 4.74 Å². The summed E-state index contributed by atoms with van der Waals surface area (Å²) in [6.07, 6.45) is 0.371. The smallest absolute Gasteiger partial charge is 0.251 e. The van der Waals surface area contributed by atoms with Crippen LogP contribution >= 0.6 is 0 Å². The zero-order chi connectivity index (χ0) is 35.7. The van der Waals surface area contributed by atoms with Crippen LogP contribution in [-0.4, -0.2) is 64.4 Å². The first-order chi connectivity index (χ1) is 23.3. The summed E-state index contributed by atoms with van der Waals surface area (Å²) in [6.45, 7) is 5.95. The number of nitrogens with one attached hydrogen (secondary N) is 3. The van der Waals surface area contributed by atoms with Gasteiger partial charge in [0.1, 0.15) is 5.75 Å². The lowest BCUT2D eigenvalue weighted by Crippen LogP contribution is -2.49. The normalized spacial score (nSPS) is 13.9. The van der Waals surface area contributed by atoms with E-state index in [1.807, 2.05) is 99.6 Å². The molecule has 0 aliphatic heterocycles. The molecular formula is C38H46N4O6S. The number of nitrogens with zero attached hydrogens (tertiary/aromatic N) is 1. The minimum absolute atomic E-state index is 0.0738. The molecule has 0 fully saturated rings. The Morgan fingerprint density at radius 1 is 0.837 bits per heavy atom. The summed E-state index contributed by atoms with van der Waals surface area (Å²) in [4.78, 5) is 27.5. The van der Waals surface area contributed by atoms with E-state index in [2.05, 4.69) is 16.0 Å². The zero-order valence-electron chi connectivity index (χ0n) is 28.8. The summed E-state index contributed by atoms with van der Waals surface area (Å²) in [5, 5.41) is 20.7. The number of benzene rings is 4. The van der Waals surface area contributed by atoms with Gasteiger partial charge in [0, 0.05) is 30.8 Å². The lowest BCUT2D eigenvalue weighted by Gasteiger charge is -2.27. The van der Waals surface area contributed by atoms with Crippen molar-refractivity contribution in [3.8, 4) is 5.75 Å². The van der Waals surface area contributed by atoms with Crippen LogP contribution in [0.3, 0.4) is 0 Å². The fourth-order valence-corrected chi connectivity index (χ4v) is 6.04. The van der Waals surface area contributed by atoms with Gasteiger partial charge in [-0.05, 0) is 79.8 Å². The van der Waals surface area contributed by atoms with Crippen LogP contribution in [0, 0.1) is 6.92 Å². The number of amides is 2. The summed E-state index contributed by atoms with van der Waals surface area (Å²) in [7, 11) is -0.751. The highest BCUT2D eigenvalue weighted by atomic mass is 32.2. The van der Waals surface area contributed by atoms with E-state index in [1.54, 1.807) is 7.11 Å². The Morgan fingerprint density at radius 3 is 2.10 bits per heavy atom. The van der Waals surface area contributed by atoms with E-state index in [1.165, 1.54) is 25.2 Å². The number of sulfonamides is 1. The summed E-state index contributed by atoms with van der Waals surface area (Å²) in [5.41, 5.74) is 4.17. The maximum absolute atomic E-state index is 13.9. The van der Waals surface area contributed by atoms with Gasteiger partial charge in [-0.15, -0.1) is 0 Å². The highest BCUT2D eigenvalue weighted by Crippen LogP contribution is 2.24. The molecule has 0 aromatic heterocycles. The van der Waals surface area contributed by atoms with Gasteiger partial charge in [0.2, 0.25) is 10.0 Å². The summed E-state index contributed by atoms with van der Waals surface area (Å²) < 4.78 is 31.4. The molecule has 4 aromatic rings. The number of aliphatic hydroxyl groups excluding tert-OH is 1. The van der Waals surface area contributed by atoms with Gasteiger partial charge >= 0.3 is 0 Å². The molecule has 4 rings (SSSR count). The van der Waals surface area contributed by atoms with Crippen molar-refractivity contribution < 1.29 is 27.9 Å². The molecule has 0 saturated heterocycles. The SMILES string of the molecule is COc1cccc([C@@H](C)NC[C@@H](O)[C@H](Cc2ccccc2)NC(=O)c2cc(C(=O)NC(C)c3ccccc3C)cc(N(C)S(C)(=O)=O)c2)c1. The Kier molecular flexibility index (Phi) is 12.6. The number of ether oxygens (including phenoxy) is 1. The number of carbonyl (C=O) groups is 2. The van der Waals surface area contributed by atoms with Crippen LogP contribution in [0.4, 0.5) is 5.69 Å². The molecule has 0 aliphatic carbocycles. The maximum Gasteiger partial charge on any atom is 0.251 e. The van der Waals surface area contributed by atoms with Gasteiger partial charge in [0.25, 0.3) is 11.8 Å². The zero-order valence-corrected chi connectivity index (χ0v) is 29.6. The Labute approximate surface area is 289 Å². The standard InChI is InChI=1S/C38H46N4O6S/c1-25-13-10-11-18-34(25)27(3)40-37(44)30-20-31(22-32(21-30)42(4)49(6,46)47)38(45)41-35(19-28-14-8-7-9-15-28)36(43)24-39-26(2)29-16-12-17-33(23-29)48-5/h7-18,20-23,26-27,35-36,39,43H,19,24H2,1-6H3,(H,40,44)(H,41,45)/t26-,27?,35+,36-/m1/s1. The highest BCUT2D eigenvalue weighted by Gasteiger charge is 2.25. The van der Waals surface area contributed by atoms with Crippen LogP contribution in [0.1, 0.15) is 68.9 Å². The van der Waals surface area contributed by atoms with Gasteiger partial charge in [0.05, 0.1) is 37.2 Å². The molecular weight excluding hydrogens is 641 g/mol. The minimum atomic E-state index is -3.72. The molecule has 0 aliphatic rings. The van der Waals surface area contributed by atoms with Crippen molar-refractivity contribution in [1.82, 2.24) is 16.0 Å². The number of methoxy groups -OCH3 is 1. The molecule has 4 aromatic carbocycles. The van der Waals surface area contributed by atoms with Crippen LogP contribution in [0.2, 0.25) is 0 Å². The van der Waals surface area contributed by atoms with Crippen molar-refractivity contribution in [2.45, 2.75) is 51.4 Å². The molecule has 11 heteroatoms. The van der Waals surface area contributed by atoms with Crippen LogP contribution in [-0.2, 0) is 16.4 Å². The number of aryl methyl sites for hydroxylation is 1. The first-order valence-corrected chi connectivity index (χ1v) is 18.0. The predicted molar refractivity (Wildman–Crippen MR) is 194 cm³/mol. The quantitative estimate of drug-likeness (QED) is 0.139. The summed E-state index contributed by atoms with van der Waals surface area (Å²) in [5.74, 6) is -0.307. The van der Waals surface area contributed by atoms with Gasteiger partial charge in [-0.2, -0.15) is 0 Å². The van der Waals surface area contributed by atoms with Gasteiger partial charge in [-0.3, -0.25) is 13.9 Å². The number of hydrogen-bond donors (Lipinski definition) is 4. The van der Waals surface area contributed by atoms with Crippen molar-refractivity contribution in [3.63, 3.8) is 0 Å². The highest BCUT2D eigenvalue weighted by molar-refractivity contribution is 7.92. The van der Waals surface area contributed by atoms with Crippen LogP contribution < -0.4 is 25.0 Å². The largest absolute Gasteiger partial charge is 0.497 e. The monoisotopic (exact) mass is 686 g/mol. The molecule has 0 heterocycles. The second kappa shape index (κ2) is 16.6. The van der Waals surface area contributed by atoms with E-state index in [9.17, 15) is 23.1 Å². The van der Waals surface area contributed by atoms with E-state index in [-0.39, 0.29) is 35.4 Å². The average molecular weight is 687 g/mol. The fourth-order valence-electron chi connectivity index (χ4n) is 5.55. The lowest BCUT2D eigenvalue weighted by molar-refractivity contribution is 0.0825. The maximum atomic E-state index is 13.9. The third-order valence-corrected chi connectivity index (χ3v) is 9.82. The van der Waals surface area contributed by atoms with Crippen LogP contribution in [0.5, 0.6) is 5.75 Å². The van der Waals surface area contributed by atoms with Crippen molar-refractivity contribution in [3.05, 3.63) is 130 Å². The molecule has 4 N–H and O–H groups in total. The minimum Gasteiger partial charge on any atom is -0.497 e. The van der Waals surface area contributed by atoms with Crippen LogP contribution in [0.15, 0.2) is 97.1 Å². The topological polar surface area (TPSA) is 137 Å². The van der Waals surface area contributed by atoms with Crippen LogP contribution in [0.25, 0.3) is 0 Å². The second-order valence-electron chi connectivity index (χ2n) is 12.3. The predicted octanol–water partition coefficient (Wildman–Crippen LogP) is 4.94. The van der Waals surface area contributed by atoms with Gasteiger partial charge in [-0.1, -0.05) is 66.7 Å². The van der Waals surface area contributed by atoms with Crippen molar-refractivity contribution in [2.75, 3.05) is 31.3 Å². The van der Waals surface area contributed by atoms with E-state index < -0.39 is 34.0 Å². The molecule has 49 heavy (non-hydrogen) atoms. The molecule has 0 spiro atoms. The van der Waals surface area contributed by atoms with Gasteiger partial charge in [0.15, 0.2) is 0 Å². The number of carbonyl (C=O) groups excluding carboxylic acids is 2. The Balaban J connectivity index is 1.60. The molecule has 1 unspecified atom stereocenters. The molecule has 4 atom stereocenters. The number of rotatable bonds is 15. The first kappa shape index (κ1) is 37.1. The average Bonchev–Trinajstić information content (AvgIpc) is 3.09. The molecule has 10 nitrogen and oxygen atoms in total. The van der Waals surface area contributed by atoms with Gasteiger partial charge in [-0.25, -0.2) is 8.42 Å². The van der Waals surface area contributed by atoms with Gasteiger partial charge < -0.3 is 25.8 Å². The Morgan fingerprint density at radius 2 is 1.47 bits per heavy atom. The number of anilines is 1. The fraction of sp³-hybridized carbons (Fsp3) is 0.316. The van der Waals surface area contributed by atoms with E-state index >= 15 is 0 Å². The summed E-state index contributed by atoms with van der Waals surface area (Å²) >= 11 is 0. The first-order valence-electron chi connectivity index (χ1n) is 16.1. The van der Waals surface area contributed by atoms with Crippen molar-refractivity contribution >= 4 is 27.5 Å². The molecule has 2 amide bonds. The third-order valence-electron chi connectivity index (χ3n) is 8.61. The number of aliphatic hydroxyl groups is 1.